The van der Waals surface area contributed by atoms with Crippen molar-refractivity contribution in [1.29, 1.82) is 0 Å². The van der Waals surface area contributed by atoms with Crippen LogP contribution in [0.2, 0.25) is 0 Å². The van der Waals surface area contributed by atoms with Crippen LogP contribution in [0, 0.1) is 0 Å². The molecule has 1 atom stereocenters. The zero-order valence-corrected chi connectivity index (χ0v) is 16.9. The Balaban J connectivity index is 0.00000196. The van der Waals surface area contributed by atoms with Gasteiger partial charge in [0.25, 0.3) is 0 Å². The predicted molar refractivity (Wildman–Crippen MR) is 107 cm³/mol. The molecule has 0 bridgehead atoms. The molecule has 4 nitrogen and oxygen atoms in total. The summed E-state index contributed by atoms with van der Waals surface area (Å²) < 4.78 is 46.5. The van der Waals surface area contributed by atoms with Crippen molar-refractivity contribution >= 4 is 24.8 Å². The second kappa shape index (κ2) is 10.8. The molecule has 1 aliphatic heterocycles. The molecule has 2 aromatic carbocycles. The first-order chi connectivity index (χ1) is 12.5. The van der Waals surface area contributed by atoms with E-state index < -0.39 is 6.36 Å². The number of hydrogen-bond acceptors (Lipinski definition) is 4. The van der Waals surface area contributed by atoms with Crippen LogP contribution >= 0.6 is 24.8 Å². The molecule has 28 heavy (non-hydrogen) atoms. The molecule has 0 unspecified atom stereocenters. The normalized spacial score (nSPS) is 15.7. The third kappa shape index (κ3) is 6.44. The maximum Gasteiger partial charge on any atom is 0.573 e. The highest BCUT2D eigenvalue weighted by Gasteiger charge is 2.31. The smallest absolute Gasteiger partial charge is 0.497 e. The molecule has 156 valence electrons. The van der Waals surface area contributed by atoms with Crippen LogP contribution in [0.25, 0.3) is 0 Å². The number of piperazine rings is 1. The number of ether oxygens (including phenoxy) is 2. The monoisotopic (exact) mass is 438 g/mol. The van der Waals surface area contributed by atoms with E-state index in [4.69, 9.17) is 4.74 Å². The fourth-order valence-electron chi connectivity index (χ4n) is 3.22. The lowest BCUT2D eigenvalue weighted by Gasteiger charge is -2.35. The van der Waals surface area contributed by atoms with Gasteiger partial charge in [-0.2, -0.15) is 0 Å². The van der Waals surface area contributed by atoms with Gasteiger partial charge in [0.05, 0.1) is 13.2 Å². The van der Waals surface area contributed by atoms with Crippen LogP contribution in [0.4, 0.5) is 13.2 Å². The van der Waals surface area contributed by atoms with Crippen LogP contribution < -0.4 is 14.8 Å². The first-order valence-electron chi connectivity index (χ1n) is 8.41. The van der Waals surface area contributed by atoms with Gasteiger partial charge < -0.3 is 14.8 Å². The summed E-state index contributed by atoms with van der Waals surface area (Å²) in [6.45, 7) is 3.44. The fraction of sp³-hybridized carbons (Fsp3) is 0.368. The summed E-state index contributed by atoms with van der Waals surface area (Å²) in [7, 11) is 1.61. The van der Waals surface area contributed by atoms with E-state index in [0.29, 0.717) is 0 Å². The molecule has 0 amide bonds. The SMILES string of the molecule is COc1cccc([C@@H](c2ccc(OC(F)(F)F)cc2)N2CCNCC2)c1.Cl.Cl. The van der Waals surface area contributed by atoms with Crippen molar-refractivity contribution in [3.8, 4) is 11.5 Å². The number of hydrogen-bond donors (Lipinski definition) is 1. The standard InChI is InChI=1S/C19H21F3N2O2.2ClH/c1-25-17-4-2-3-15(13-17)18(24-11-9-23-10-12-24)14-5-7-16(8-6-14)26-19(20,21)22;;/h2-8,13,18,23H,9-12H2,1H3;2*1H/t18-;;/m1../s1. The van der Waals surface area contributed by atoms with Gasteiger partial charge >= 0.3 is 6.36 Å². The summed E-state index contributed by atoms with van der Waals surface area (Å²) in [5.74, 6) is 0.533. The highest BCUT2D eigenvalue weighted by molar-refractivity contribution is 5.85. The largest absolute Gasteiger partial charge is 0.573 e. The summed E-state index contributed by atoms with van der Waals surface area (Å²) in [4.78, 5) is 2.31. The average Bonchev–Trinajstić information content (AvgIpc) is 2.63. The average molecular weight is 439 g/mol. The van der Waals surface area contributed by atoms with Gasteiger partial charge in [0, 0.05) is 26.2 Å². The fourth-order valence-corrected chi connectivity index (χ4v) is 3.22. The molecule has 3 rings (SSSR count). The molecular formula is C19H23Cl2F3N2O2. The summed E-state index contributed by atoms with van der Waals surface area (Å²) in [5, 5.41) is 3.32. The number of nitrogens with zero attached hydrogens (tertiary/aromatic N) is 1. The number of benzene rings is 2. The molecule has 0 spiro atoms. The van der Waals surface area contributed by atoms with Crippen molar-refractivity contribution in [1.82, 2.24) is 10.2 Å². The van der Waals surface area contributed by atoms with E-state index in [2.05, 4.69) is 15.0 Å². The van der Waals surface area contributed by atoms with E-state index >= 15 is 0 Å². The number of rotatable bonds is 5. The minimum absolute atomic E-state index is 0. The number of alkyl halides is 3. The Labute approximate surface area is 174 Å². The Morgan fingerprint density at radius 3 is 2.14 bits per heavy atom. The van der Waals surface area contributed by atoms with Gasteiger partial charge in [-0.25, -0.2) is 0 Å². The lowest BCUT2D eigenvalue weighted by molar-refractivity contribution is -0.274. The zero-order chi connectivity index (χ0) is 18.6. The van der Waals surface area contributed by atoms with Crippen molar-refractivity contribution in [3.05, 3.63) is 59.7 Å². The topological polar surface area (TPSA) is 33.7 Å². The molecule has 9 heteroatoms. The summed E-state index contributed by atoms with van der Waals surface area (Å²) in [6.07, 6.45) is -4.69. The van der Waals surface area contributed by atoms with Gasteiger partial charge in [-0.1, -0.05) is 24.3 Å². The molecule has 1 N–H and O–H groups in total. The molecule has 0 aliphatic carbocycles. The molecule has 1 fully saturated rings. The van der Waals surface area contributed by atoms with Crippen LogP contribution in [-0.2, 0) is 0 Å². The third-order valence-electron chi connectivity index (χ3n) is 4.36. The van der Waals surface area contributed by atoms with Gasteiger partial charge in [-0.15, -0.1) is 38.0 Å². The number of nitrogens with one attached hydrogen (secondary N) is 1. The van der Waals surface area contributed by atoms with Crippen molar-refractivity contribution in [2.45, 2.75) is 12.4 Å². The molecule has 1 heterocycles. The van der Waals surface area contributed by atoms with E-state index in [1.54, 1.807) is 19.2 Å². The van der Waals surface area contributed by atoms with Gasteiger partial charge in [-0.3, -0.25) is 4.90 Å². The molecular weight excluding hydrogens is 416 g/mol. The lowest BCUT2D eigenvalue weighted by Crippen LogP contribution is -2.45. The Kier molecular flexibility index (Phi) is 9.36. The van der Waals surface area contributed by atoms with E-state index in [1.165, 1.54) is 12.1 Å². The summed E-state index contributed by atoms with van der Waals surface area (Å²) >= 11 is 0. The highest BCUT2D eigenvalue weighted by Crippen LogP contribution is 2.32. The quantitative estimate of drug-likeness (QED) is 0.748. The third-order valence-corrected chi connectivity index (χ3v) is 4.36. The van der Waals surface area contributed by atoms with Gasteiger partial charge in [-0.05, 0) is 35.4 Å². The van der Waals surface area contributed by atoms with Crippen LogP contribution in [0.3, 0.4) is 0 Å². The Morgan fingerprint density at radius 1 is 0.929 bits per heavy atom. The molecule has 1 saturated heterocycles. The van der Waals surface area contributed by atoms with Gasteiger partial charge in [0.1, 0.15) is 11.5 Å². The Hall–Kier alpha value is -1.67. The van der Waals surface area contributed by atoms with Gasteiger partial charge in [0.15, 0.2) is 0 Å². The molecule has 0 radical (unpaired) electrons. The second-order valence-electron chi connectivity index (χ2n) is 6.08. The Bertz CT molecular complexity index is 724. The summed E-state index contributed by atoms with van der Waals surface area (Å²) in [6, 6.07) is 13.8. The zero-order valence-electron chi connectivity index (χ0n) is 15.2. The van der Waals surface area contributed by atoms with Gasteiger partial charge in [0.2, 0.25) is 0 Å². The molecule has 0 aromatic heterocycles. The van der Waals surface area contributed by atoms with Crippen LogP contribution in [-0.4, -0.2) is 44.6 Å². The highest BCUT2D eigenvalue weighted by atomic mass is 35.5. The van der Waals surface area contributed by atoms with E-state index in [9.17, 15) is 13.2 Å². The van der Waals surface area contributed by atoms with Crippen molar-refractivity contribution in [2.75, 3.05) is 33.3 Å². The van der Waals surface area contributed by atoms with Crippen LogP contribution in [0.5, 0.6) is 11.5 Å². The minimum Gasteiger partial charge on any atom is -0.497 e. The first kappa shape index (κ1) is 24.4. The van der Waals surface area contributed by atoms with E-state index in [0.717, 1.165) is 43.1 Å². The first-order valence-corrected chi connectivity index (χ1v) is 8.41. The predicted octanol–water partition coefficient (Wildman–Crippen LogP) is 4.43. The van der Waals surface area contributed by atoms with Crippen molar-refractivity contribution < 1.29 is 22.6 Å². The van der Waals surface area contributed by atoms with E-state index in [1.807, 2.05) is 24.3 Å². The Morgan fingerprint density at radius 2 is 1.57 bits per heavy atom. The van der Waals surface area contributed by atoms with Crippen molar-refractivity contribution in [3.63, 3.8) is 0 Å². The van der Waals surface area contributed by atoms with Crippen LogP contribution in [0.15, 0.2) is 48.5 Å². The summed E-state index contributed by atoms with van der Waals surface area (Å²) in [5.41, 5.74) is 1.95. The molecule has 0 saturated carbocycles. The second-order valence-corrected chi connectivity index (χ2v) is 6.08. The lowest BCUT2D eigenvalue weighted by atomic mass is 9.96. The molecule has 2 aromatic rings. The van der Waals surface area contributed by atoms with Crippen LogP contribution in [0.1, 0.15) is 17.2 Å². The number of halogens is 5. The van der Waals surface area contributed by atoms with Crippen molar-refractivity contribution in [2.24, 2.45) is 0 Å². The number of methoxy groups -OCH3 is 1. The maximum atomic E-state index is 12.4. The maximum absolute atomic E-state index is 12.4. The minimum atomic E-state index is -4.69. The molecule has 1 aliphatic rings. The van der Waals surface area contributed by atoms with E-state index in [-0.39, 0.29) is 36.6 Å².